The van der Waals surface area contributed by atoms with Crippen molar-refractivity contribution in [1.82, 2.24) is 15.2 Å². The molecule has 90 valence electrons. The van der Waals surface area contributed by atoms with Crippen molar-refractivity contribution >= 4 is 32.8 Å². The second-order valence-electron chi connectivity index (χ2n) is 3.87. The Morgan fingerprint density at radius 2 is 2.17 bits per heavy atom. The molecular weight excluding hydrogens is 298 g/mol. The quantitative estimate of drug-likeness (QED) is 0.680. The average molecular weight is 306 g/mol. The Morgan fingerprint density at radius 3 is 2.89 bits per heavy atom. The number of fused-ring (bicyclic) bond motifs is 1. The van der Waals surface area contributed by atoms with Crippen LogP contribution in [0.1, 0.15) is 10.5 Å². The summed E-state index contributed by atoms with van der Waals surface area (Å²) >= 11 is 3.44. The van der Waals surface area contributed by atoms with Crippen molar-refractivity contribution in [3.63, 3.8) is 0 Å². The summed E-state index contributed by atoms with van der Waals surface area (Å²) in [6.07, 6.45) is 1.86. The van der Waals surface area contributed by atoms with Gasteiger partial charge in [0, 0.05) is 27.1 Å². The summed E-state index contributed by atoms with van der Waals surface area (Å²) in [5, 5.41) is 16.4. The number of carboxylic acids is 1. The lowest BCUT2D eigenvalue weighted by Crippen LogP contribution is -1.95. The van der Waals surface area contributed by atoms with E-state index >= 15 is 0 Å². The second-order valence-corrected chi connectivity index (χ2v) is 4.72. The second kappa shape index (κ2) is 3.99. The molecule has 3 N–H and O–H groups in total. The number of hydrogen-bond acceptors (Lipinski definition) is 2. The minimum absolute atomic E-state index is 0.0813. The number of benzene rings is 1. The number of halogens is 1. The standard InChI is InChI=1S/C12H8BrN3O2/c13-8-5-14-10-3-6(1-2-7(8)10)9-4-11(12(17)18)16-15-9/h1-5,14H,(H,15,16)(H,17,18). The Morgan fingerprint density at radius 1 is 1.33 bits per heavy atom. The fourth-order valence-corrected chi connectivity index (χ4v) is 2.29. The maximum absolute atomic E-state index is 10.8. The van der Waals surface area contributed by atoms with E-state index in [4.69, 9.17) is 5.11 Å². The first kappa shape index (κ1) is 11.0. The summed E-state index contributed by atoms with van der Waals surface area (Å²) in [7, 11) is 0. The predicted molar refractivity (Wildman–Crippen MR) is 70.5 cm³/mol. The molecule has 0 aliphatic rings. The van der Waals surface area contributed by atoms with E-state index in [2.05, 4.69) is 31.1 Å². The zero-order chi connectivity index (χ0) is 12.7. The average Bonchev–Trinajstić information content (AvgIpc) is 2.96. The minimum Gasteiger partial charge on any atom is -0.477 e. The van der Waals surface area contributed by atoms with E-state index in [1.807, 2.05) is 24.4 Å². The van der Waals surface area contributed by atoms with E-state index in [1.165, 1.54) is 6.07 Å². The minimum atomic E-state index is -1.02. The normalized spacial score (nSPS) is 10.9. The SMILES string of the molecule is O=C(O)c1cc(-c2ccc3c(Br)c[nH]c3c2)n[nH]1. The summed E-state index contributed by atoms with van der Waals surface area (Å²) in [5.74, 6) is -1.02. The van der Waals surface area contributed by atoms with Gasteiger partial charge in [-0.2, -0.15) is 5.10 Å². The summed E-state index contributed by atoms with van der Waals surface area (Å²) in [5.41, 5.74) is 2.53. The number of aromatic nitrogens is 3. The van der Waals surface area contributed by atoms with Crippen molar-refractivity contribution in [3.8, 4) is 11.3 Å². The molecule has 0 spiro atoms. The Balaban J connectivity index is 2.10. The molecule has 3 rings (SSSR count). The molecule has 5 nitrogen and oxygen atoms in total. The number of carboxylic acid groups (broad SMARTS) is 1. The van der Waals surface area contributed by atoms with Crippen LogP contribution in [-0.2, 0) is 0 Å². The zero-order valence-electron chi connectivity index (χ0n) is 9.07. The van der Waals surface area contributed by atoms with Crippen molar-refractivity contribution in [2.45, 2.75) is 0 Å². The highest BCUT2D eigenvalue weighted by Crippen LogP contribution is 2.27. The van der Waals surface area contributed by atoms with Crippen LogP contribution in [0.5, 0.6) is 0 Å². The highest BCUT2D eigenvalue weighted by atomic mass is 79.9. The molecule has 0 aliphatic carbocycles. The third kappa shape index (κ3) is 1.70. The highest BCUT2D eigenvalue weighted by Gasteiger charge is 2.10. The van der Waals surface area contributed by atoms with Gasteiger partial charge in [0.15, 0.2) is 0 Å². The van der Waals surface area contributed by atoms with Crippen LogP contribution in [0.2, 0.25) is 0 Å². The van der Waals surface area contributed by atoms with Gasteiger partial charge in [-0.1, -0.05) is 12.1 Å². The summed E-state index contributed by atoms with van der Waals surface area (Å²) in [6.45, 7) is 0. The lowest BCUT2D eigenvalue weighted by Gasteiger charge is -1.96. The molecular formula is C12H8BrN3O2. The van der Waals surface area contributed by atoms with Crippen LogP contribution in [0.3, 0.4) is 0 Å². The number of carbonyl (C=O) groups is 1. The molecule has 2 aromatic heterocycles. The van der Waals surface area contributed by atoms with Crippen LogP contribution in [0.25, 0.3) is 22.2 Å². The van der Waals surface area contributed by atoms with Crippen LogP contribution in [0, 0.1) is 0 Å². The Labute approximate surface area is 110 Å². The number of nitrogens with one attached hydrogen (secondary N) is 2. The van der Waals surface area contributed by atoms with Gasteiger partial charge in [-0.05, 0) is 28.1 Å². The third-order valence-corrected chi connectivity index (χ3v) is 3.39. The maximum atomic E-state index is 10.8. The van der Waals surface area contributed by atoms with Crippen LogP contribution in [0.15, 0.2) is 34.9 Å². The van der Waals surface area contributed by atoms with Gasteiger partial charge in [-0.15, -0.1) is 0 Å². The fraction of sp³-hybridized carbons (Fsp3) is 0. The number of hydrogen-bond donors (Lipinski definition) is 3. The molecule has 0 amide bonds. The Bertz CT molecular complexity index is 745. The molecule has 0 bridgehead atoms. The first-order valence-electron chi connectivity index (χ1n) is 5.21. The van der Waals surface area contributed by atoms with Gasteiger partial charge in [-0.25, -0.2) is 4.79 Å². The maximum Gasteiger partial charge on any atom is 0.353 e. The predicted octanol–water partition coefficient (Wildman–Crippen LogP) is 3.02. The molecule has 0 fully saturated rings. The summed E-state index contributed by atoms with van der Waals surface area (Å²) < 4.78 is 0.998. The Kier molecular flexibility index (Phi) is 2.45. The van der Waals surface area contributed by atoms with Gasteiger partial charge in [-0.3, -0.25) is 5.10 Å². The third-order valence-electron chi connectivity index (χ3n) is 2.74. The molecule has 0 atom stereocenters. The summed E-state index contributed by atoms with van der Waals surface area (Å²) in [6, 6.07) is 7.31. The first-order chi connectivity index (χ1) is 8.65. The number of aromatic carboxylic acids is 1. The van der Waals surface area contributed by atoms with Crippen LogP contribution >= 0.6 is 15.9 Å². The largest absolute Gasteiger partial charge is 0.477 e. The van der Waals surface area contributed by atoms with E-state index in [0.29, 0.717) is 5.69 Å². The summed E-state index contributed by atoms with van der Waals surface area (Å²) in [4.78, 5) is 13.9. The lowest BCUT2D eigenvalue weighted by atomic mass is 10.1. The van der Waals surface area contributed by atoms with Crippen LogP contribution in [0.4, 0.5) is 0 Å². The van der Waals surface area contributed by atoms with E-state index < -0.39 is 5.97 Å². The van der Waals surface area contributed by atoms with Crippen molar-refractivity contribution in [3.05, 3.63) is 40.6 Å². The van der Waals surface area contributed by atoms with Gasteiger partial charge in [0.1, 0.15) is 5.69 Å². The van der Waals surface area contributed by atoms with Crippen molar-refractivity contribution in [2.75, 3.05) is 0 Å². The molecule has 0 aliphatic heterocycles. The molecule has 1 aromatic carbocycles. The number of H-pyrrole nitrogens is 2. The van der Waals surface area contributed by atoms with E-state index in [1.54, 1.807) is 0 Å². The van der Waals surface area contributed by atoms with Crippen molar-refractivity contribution in [1.29, 1.82) is 0 Å². The molecule has 0 saturated heterocycles. The zero-order valence-corrected chi connectivity index (χ0v) is 10.7. The van der Waals surface area contributed by atoms with Gasteiger partial charge in [0.2, 0.25) is 0 Å². The van der Waals surface area contributed by atoms with E-state index in [0.717, 1.165) is 20.9 Å². The van der Waals surface area contributed by atoms with Gasteiger partial charge in [0.25, 0.3) is 0 Å². The molecule has 6 heteroatoms. The smallest absolute Gasteiger partial charge is 0.353 e. The number of rotatable bonds is 2. The van der Waals surface area contributed by atoms with E-state index in [9.17, 15) is 4.79 Å². The van der Waals surface area contributed by atoms with Crippen molar-refractivity contribution in [2.24, 2.45) is 0 Å². The number of nitrogens with zero attached hydrogens (tertiary/aromatic N) is 1. The molecule has 0 radical (unpaired) electrons. The number of aromatic amines is 2. The van der Waals surface area contributed by atoms with Gasteiger partial charge < -0.3 is 10.1 Å². The van der Waals surface area contributed by atoms with Crippen LogP contribution < -0.4 is 0 Å². The topological polar surface area (TPSA) is 81.8 Å². The van der Waals surface area contributed by atoms with Gasteiger partial charge >= 0.3 is 5.97 Å². The monoisotopic (exact) mass is 305 g/mol. The van der Waals surface area contributed by atoms with Crippen LogP contribution in [-0.4, -0.2) is 26.3 Å². The van der Waals surface area contributed by atoms with Gasteiger partial charge in [0.05, 0.1) is 5.69 Å². The molecule has 0 saturated carbocycles. The first-order valence-corrected chi connectivity index (χ1v) is 6.00. The van der Waals surface area contributed by atoms with Crippen molar-refractivity contribution < 1.29 is 9.90 Å². The molecule has 3 aromatic rings. The highest BCUT2D eigenvalue weighted by molar-refractivity contribution is 9.10. The van der Waals surface area contributed by atoms with E-state index in [-0.39, 0.29) is 5.69 Å². The lowest BCUT2D eigenvalue weighted by molar-refractivity contribution is 0.0690. The fourth-order valence-electron chi connectivity index (χ4n) is 1.83. The Hall–Kier alpha value is -2.08. The molecule has 18 heavy (non-hydrogen) atoms. The molecule has 0 unspecified atom stereocenters. The molecule has 2 heterocycles.